The van der Waals surface area contributed by atoms with E-state index in [1.807, 2.05) is 30.8 Å². The number of hydrogen-bond donors (Lipinski definition) is 1. The minimum Gasteiger partial charge on any atom is -0.366 e. The van der Waals surface area contributed by atoms with Gasteiger partial charge < -0.3 is 5.32 Å². The zero-order valence-electron chi connectivity index (χ0n) is 12.1. The molecule has 2 heterocycles. The predicted octanol–water partition coefficient (Wildman–Crippen LogP) is 2.89. The van der Waals surface area contributed by atoms with Crippen LogP contribution in [-0.2, 0) is 6.54 Å². The maximum Gasteiger partial charge on any atom is 0.132 e. The Morgan fingerprint density at radius 3 is 2.62 bits per heavy atom. The van der Waals surface area contributed by atoms with Gasteiger partial charge in [-0.1, -0.05) is 12.1 Å². The molecular weight excluding hydrogens is 262 g/mol. The van der Waals surface area contributed by atoms with Crippen LogP contribution in [0.4, 0.5) is 5.82 Å². The van der Waals surface area contributed by atoms with E-state index in [4.69, 9.17) is 0 Å². The van der Waals surface area contributed by atoms with E-state index in [1.54, 1.807) is 12.5 Å². The molecule has 1 aromatic carbocycles. The monoisotopic (exact) mass is 279 g/mol. The highest BCUT2D eigenvalue weighted by molar-refractivity contribution is 5.45. The van der Waals surface area contributed by atoms with E-state index in [1.165, 1.54) is 5.56 Å². The molecule has 0 aliphatic heterocycles. The van der Waals surface area contributed by atoms with E-state index >= 15 is 0 Å². The van der Waals surface area contributed by atoms with E-state index in [2.05, 4.69) is 44.6 Å². The fourth-order valence-electron chi connectivity index (χ4n) is 2.09. The van der Waals surface area contributed by atoms with Gasteiger partial charge in [-0.25, -0.2) is 14.6 Å². The lowest BCUT2D eigenvalue weighted by Gasteiger charge is -2.10. The second kappa shape index (κ2) is 5.75. The standard InChI is InChI=1S/C16H17N5/c1-12-13(2)18-11-19-16(12)17-10-14-4-6-15(7-5-14)21-9-3-8-20-21/h3-9,11H,10H2,1-2H3,(H,17,18,19). The number of benzene rings is 1. The van der Waals surface area contributed by atoms with Crippen LogP contribution in [0.5, 0.6) is 0 Å². The summed E-state index contributed by atoms with van der Waals surface area (Å²) in [5, 5.41) is 7.57. The van der Waals surface area contributed by atoms with Crippen LogP contribution in [0.2, 0.25) is 0 Å². The maximum absolute atomic E-state index is 4.28. The molecule has 0 bridgehead atoms. The normalized spacial score (nSPS) is 10.6. The Balaban J connectivity index is 1.70. The second-order valence-electron chi connectivity index (χ2n) is 4.90. The van der Waals surface area contributed by atoms with Gasteiger partial charge in [0.1, 0.15) is 12.1 Å². The number of nitrogens with zero attached hydrogens (tertiary/aromatic N) is 4. The fourth-order valence-corrected chi connectivity index (χ4v) is 2.09. The number of nitrogens with one attached hydrogen (secondary N) is 1. The highest BCUT2D eigenvalue weighted by Gasteiger charge is 2.03. The Hall–Kier alpha value is -2.69. The summed E-state index contributed by atoms with van der Waals surface area (Å²) in [5.41, 5.74) is 4.34. The van der Waals surface area contributed by atoms with Crippen molar-refractivity contribution in [3.05, 3.63) is 65.9 Å². The summed E-state index contributed by atoms with van der Waals surface area (Å²) >= 11 is 0. The van der Waals surface area contributed by atoms with Gasteiger partial charge >= 0.3 is 0 Å². The van der Waals surface area contributed by atoms with Crippen molar-refractivity contribution in [3.8, 4) is 5.69 Å². The molecule has 0 aliphatic carbocycles. The van der Waals surface area contributed by atoms with E-state index in [-0.39, 0.29) is 0 Å². The SMILES string of the molecule is Cc1ncnc(NCc2ccc(-n3cccn3)cc2)c1C. The van der Waals surface area contributed by atoms with Gasteiger partial charge in [0.15, 0.2) is 0 Å². The zero-order valence-corrected chi connectivity index (χ0v) is 12.1. The number of rotatable bonds is 4. The third kappa shape index (κ3) is 2.91. The van der Waals surface area contributed by atoms with E-state index in [0.717, 1.165) is 29.3 Å². The summed E-state index contributed by atoms with van der Waals surface area (Å²) in [6.07, 6.45) is 5.29. The molecule has 0 radical (unpaired) electrons. The third-order valence-corrected chi connectivity index (χ3v) is 3.50. The Bertz CT molecular complexity index is 717. The summed E-state index contributed by atoms with van der Waals surface area (Å²) in [4.78, 5) is 8.45. The van der Waals surface area contributed by atoms with Crippen LogP contribution < -0.4 is 5.32 Å². The van der Waals surface area contributed by atoms with Crippen molar-refractivity contribution in [2.24, 2.45) is 0 Å². The molecule has 0 saturated heterocycles. The molecule has 1 N–H and O–H groups in total. The molecule has 106 valence electrons. The van der Waals surface area contributed by atoms with Crippen molar-refractivity contribution in [2.45, 2.75) is 20.4 Å². The zero-order chi connectivity index (χ0) is 14.7. The first kappa shape index (κ1) is 13.3. The molecular formula is C16H17N5. The van der Waals surface area contributed by atoms with Crippen LogP contribution in [0, 0.1) is 13.8 Å². The molecule has 0 amide bonds. The van der Waals surface area contributed by atoms with Crippen LogP contribution in [0.1, 0.15) is 16.8 Å². The molecule has 0 spiro atoms. The fraction of sp³-hybridized carbons (Fsp3) is 0.188. The first-order valence-corrected chi connectivity index (χ1v) is 6.85. The molecule has 0 aliphatic rings. The quantitative estimate of drug-likeness (QED) is 0.798. The summed E-state index contributed by atoms with van der Waals surface area (Å²) < 4.78 is 1.84. The van der Waals surface area contributed by atoms with Crippen LogP contribution >= 0.6 is 0 Å². The van der Waals surface area contributed by atoms with Crippen LogP contribution in [0.25, 0.3) is 5.69 Å². The van der Waals surface area contributed by atoms with Gasteiger partial charge in [-0.05, 0) is 37.6 Å². The van der Waals surface area contributed by atoms with Crippen molar-refractivity contribution in [3.63, 3.8) is 0 Å². The van der Waals surface area contributed by atoms with Gasteiger partial charge in [-0.15, -0.1) is 0 Å². The largest absolute Gasteiger partial charge is 0.366 e. The van der Waals surface area contributed by atoms with Crippen molar-refractivity contribution in [1.82, 2.24) is 19.7 Å². The van der Waals surface area contributed by atoms with Crippen molar-refractivity contribution >= 4 is 5.82 Å². The summed E-state index contributed by atoms with van der Waals surface area (Å²) in [5.74, 6) is 0.888. The molecule has 0 atom stereocenters. The Morgan fingerprint density at radius 2 is 1.90 bits per heavy atom. The molecule has 0 saturated carbocycles. The smallest absolute Gasteiger partial charge is 0.132 e. The van der Waals surface area contributed by atoms with Gasteiger partial charge in [-0.3, -0.25) is 0 Å². The molecule has 0 fully saturated rings. The van der Waals surface area contributed by atoms with Crippen molar-refractivity contribution in [1.29, 1.82) is 0 Å². The van der Waals surface area contributed by atoms with E-state index in [9.17, 15) is 0 Å². The molecule has 3 aromatic rings. The molecule has 2 aromatic heterocycles. The van der Waals surface area contributed by atoms with Crippen LogP contribution in [0.15, 0.2) is 49.1 Å². The minimum absolute atomic E-state index is 0.733. The first-order chi connectivity index (χ1) is 10.2. The average Bonchev–Trinajstić information content (AvgIpc) is 3.04. The molecule has 5 heteroatoms. The topological polar surface area (TPSA) is 55.6 Å². The third-order valence-electron chi connectivity index (χ3n) is 3.50. The van der Waals surface area contributed by atoms with Crippen LogP contribution in [-0.4, -0.2) is 19.7 Å². The number of anilines is 1. The highest BCUT2D eigenvalue weighted by Crippen LogP contribution is 2.14. The molecule has 0 unspecified atom stereocenters. The molecule has 21 heavy (non-hydrogen) atoms. The van der Waals surface area contributed by atoms with E-state index in [0.29, 0.717) is 0 Å². The lowest BCUT2D eigenvalue weighted by molar-refractivity contribution is 0.879. The second-order valence-corrected chi connectivity index (χ2v) is 4.90. The molecule has 5 nitrogen and oxygen atoms in total. The van der Waals surface area contributed by atoms with Gasteiger partial charge in [0, 0.05) is 30.2 Å². The summed E-state index contributed by atoms with van der Waals surface area (Å²) in [6.45, 7) is 4.75. The number of hydrogen-bond acceptors (Lipinski definition) is 4. The lowest BCUT2D eigenvalue weighted by atomic mass is 10.2. The lowest BCUT2D eigenvalue weighted by Crippen LogP contribution is -2.05. The van der Waals surface area contributed by atoms with Crippen molar-refractivity contribution in [2.75, 3.05) is 5.32 Å². The van der Waals surface area contributed by atoms with Crippen molar-refractivity contribution < 1.29 is 0 Å². The Kier molecular flexibility index (Phi) is 3.64. The highest BCUT2D eigenvalue weighted by atomic mass is 15.3. The first-order valence-electron chi connectivity index (χ1n) is 6.85. The molecule has 3 rings (SSSR count). The van der Waals surface area contributed by atoms with Gasteiger partial charge in [-0.2, -0.15) is 5.10 Å². The average molecular weight is 279 g/mol. The number of aromatic nitrogens is 4. The van der Waals surface area contributed by atoms with Gasteiger partial charge in [0.25, 0.3) is 0 Å². The Labute approximate surface area is 123 Å². The summed E-state index contributed by atoms with van der Waals surface area (Å²) in [6, 6.07) is 10.2. The predicted molar refractivity (Wildman–Crippen MR) is 82.4 cm³/mol. The van der Waals surface area contributed by atoms with Crippen LogP contribution in [0.3, 0.4) is 0 Å². The summed E-state index contributed by atoms with van der Waals surface area (Å²) in [7, 11) is 0. The number of aryl methyl sites for hydroxylation is 1. The van der Waals surface area contributed by atoms with Gasteiger partial charge in [0.2, 0.25) is 0 Å². The van der Waals surface area contributed by atoms with Gasteiger partial charge in [0.05, 0.1) is 5.69 Å². The minimum atomic E-state index is 0.733. The van der Waals surface area contributed by atoms with E-state index < -0.39 is 0 Å². The maximum atomic E-state index is 4.28. The Morgan fingerprint density at radius 1 is 1.10 bits per heavy atom.